The van der Waals surface area contributed by atoms with Gasteiger partial charge in [-0.3, -0.25) is 9.69 Å². The molecular weight excluding hydrogens is 520 g/mol. The Kier molecular flexibility index (Phi) is 9.78. The highest BCUT2D eigenvalue weighted by atomic mass is 19.4. The van der Waals surface area contributed by atoms with E-state index in [-0.39, 0.29) is 24.8 Å². The van der Waals surface area contributed by atoms with Crippen LogP contribution in [0.1, 0.15) is 88.4 Å². The van der Waals surface area contributed by atoms with Crippen molar-refractivity contribution in [2.75, 3.05) is 6.54 Å². The van der Waals surface area contributed by atoms with Crippen molar-refractivity contribution in [3.05, 3.63) is 59.2 Å². The number of carboxylic acid groups (broad SMARTS) is 1. The van der Waals surface area contributed by atoms with Crippen molar-refractivity contribution in [1.29, 1.82) is 0 Å². The molecule has 9 heteroatoms. The Morgan fingerprint density at radius 1 is 0.923 bits per heavy atom. The minimum Gasteiger partial charge on any atom is -0.481 e. The van der Waals surface area contributed by atoms with Crippen molar-refractivity contribution >= 4 is 5.97 Å². The van der Waals surface area contributed by atoms with Gasteiger partial charge in [0.05, 0.1) is 11.5 Å². The van der Waals surface area contributed by atoms with Crippen molar-refractivity contribution in [3.63, 3.8) is 0 Å². The molecule has 1 N–H and O–H groups in total. The van der Waals surface area contributed by atoms with Crippen LogP contribution in [0.2, 0.25) is 0 Å². The van der Waals surface area contributed by atoms with E-state index in [4.69, 9.17) is 0 Å². The summed E-state index contributed by atoms with van der Waals surface area (Å²) in [5.74, 6) is -1.72. The lowest BCUT2D eigenvalue weighted by molar-refractivity contribution is -0.200. The van der Waals surface area contributed by atoms with Crippen molar-refractivity contribution in [3.8, 4) is 11.1 Å². The van der Waals surface area contributed by atoms with Crippen LogP contribution in [0, 0.1) is 11.8 Å². The molecule has 0 radical (unpaired) electrons. The molecule has 216 valence electrons. The molecular formula is C30H37F6NO2. The first-order valence-corrected chi connectivity index (χ1v) is 13.5. The summed E-state index contributed by atoms with van der Waals surface area (Å²) in [6, 6.07) is 7.41. The Bertz CT molecular complexity index is 1110. The standard InChI is InChI=1S/C30H37F6NO2/c1-18(2)12-13-37-26(6-5-7-27(37)30(34,35)36)23-16-21(20-8-10-24(11-9-20)29(31,32)33)15-22(17-23)25(28(38)39)14-19(3)4/h8-11,15-19,25-27H,5-7,12-14H2,1-4H3,(H,38,39)/t25?,26?,27-/m1/s1. The van der Waals surface area contributed by atoms with Gasteiger partial charge in [0.1, 0.15) is 6.04 Å². The fourth-order valence-corrected chi connectivity index (χ4v) is 5.42. The molecule has 0 amide bonds. The van der Waals surface area contributed by atoms with E-state index in [1.807, 2.05) is 27.7 Å². The number of likely N-dealkylation sites (tertiary alicyclic amines) is 1. The maximum absolute atomic E-state index is 14.1. The van der Waals surface area contributed by atoms with Gasteiger partial charge in [0, 0.05) is 6.04 Å². The van der Waals surface area contributed by atoms with Crippen LogP contribution in [0.3, 0.4) is 0 Å². The molecule has 2 aromatic carbocycles. The number of halogens is 6. The van der Waals surface area contributed by atoms with E-state index in [0.717, 1.165) is 12.1 Å². The summed E-state index contributed by atoms with van der Waals surface area (Å²) in [4.78, 5) is 13.8. The number of carbonyl (C=O) groups is 1. The summed E-state index contributed by atoms with van der Waals surface area (Å²) < 4.78 is 81.8. The molecule has 3 nitrogen and oxygen atoms in total. The normalized spacial score (nSPS) is 20.0. The number of piperidine rings is 1. The zero-order valence-electron chi connectivity index (χ0n) is 22.7. The van der Waals surface area contributed by atoms with Crippen LogP contribution in [0.4, 0.5) is 26.3 Å². The quantitative estimate of drug-likeness (QED) is 0.313. The van der Waals surface area contributed by atoms with E-state index in [2.05, 4.69) is 0 Å². The molecule has 1 heterocycles. The van der Waals surface area contributed by atoms with Crippen molar-refractivity contribution in [1.82, 2.24) is 4.90 Å². The first-order chi connectivity index (χ1) is 18.1. The van der Waals surface area contributed by atoms with Crippen molar-refractivity contribution in [2.45, 2.75) is 90.2 Å². The van der Waals surface area contributed by atoms with Crippen molar-refractivity contribution in [2.24, 2.45) is 11.8 Å². The molecule has 1 aliphatic heterocycles. The molecule has 0 aromatic heterocycles. The summed E-state index contributed by atoms with van der Waals surface area (Å²) in [6.07, 6.45) is -7.20. The lowest BCUT2D eigenvalue weighted by Gasteiger charge is -2.43. The monoisotopic (exact) mass is 557 g/mol. The van der Waals surface area contributed by atoms with Gasteiger partial charge in [-0.2, -0.15) is 26.3 Å². The second kappa shape index (κ2) is 12.3. The number of benzene rings is 2. The second-order valence-corrected chi connectivity index (χ2v) is 11.4. The van der Waals surface area contributed by atoms with Gasteiger partial charge in [0.25, 0.3) is 0 Å². The summed E-state index contributed by atoms with van der Waals surface area (Å²) in [5.41, 5.74) is 1.13. The Labute approximate surface area is 226 Å². The fraction of sp³-hybridized carbons (Fsp3) is 0.567. The fourth-order valence-electron chi connectivity index (χ4n) is 5.42. The number of hydrogen-bond acceptors (Lipinski definition) is 2. The number of hydrogen-bond donors (Lipinski definition) is 1. The minimum absolute atomic E-state index is 0.00531. The van der Waals surface area contributed by atoms with E-state index in [9.17, 15) is 36.2 Å². The van der Waals surface area contributed by atoms with Crippen LogP contribution in [0.5, 0.6) is 0 Å². The van der Waals surface area contributed by atoms with Crippen LogP contribution in [-0.2, 0) is 11.0 Å². The zero-order chi connectivity index (χ0) is 29.1. The SMILES string of the molecule is CC(C)CCN1C(c2cc(-c3ccc(C(F)(F)F)cc3)cc(C(CC(C)C)C(=O)O)c2)CCC[C@@H]1C(F)(F)F. The molecule has 0 bridgehead atoms. The summed E-state index contributed by atoms with van der Waals surface area (Å²) in [5, 5.41) is 10.0. The predicted molar refractivity (Wildman–Crippen MR) is 139 cm³/mol. The predicted octanol–water partition coefficient (Wildman–Crippen LogP) is 9.09. The Balaban J connectivity index is 2.16. The highest BCUT2D eigenvalue weighted by Crippen LogP contribution is 2.43. The first kappa shape index (κ1) is 31.0. The zero-order valence-corrected chi connectivity index (χ0v) is 22.7. The first-order valence-electron chi connectivity index (χ1n) is 13.5. The summed E-state index contributed by atoms with van der Waals surface area (Å²) in [6.45, 7) is 7.92. The van der Waals surface area contributed by atoms with Crippen LogP contribution in [0.15, 0.2) is 42.5 Å². The summed E-state index contributed by atoms with van der Waals surface area (Å²) in [7, 11) is 0. The molecule has 1 saturated heterocycles. The molecule has 2 unspecified atom stereocenters. The number of alkyl halides is 6. The highest BCUT2D eigenvalue weighted by molar-refractivity contribution is 5.77. The largest absolute Gasteiger partial charge is 0.481 e. The van der Waals surface area contributed by atoms with Crippen LogP contribution in [-0.4, -0.2) is 34.7 Å². The molecule has 1 fully saturated rings. The Hall–Kier alpha value is -2.55. The van der Waals surface area contributed by atoms with Crippen LogP contribution >= 0.6 is 0 Å². The molecule has 3 atom stereocenters. The van der Waals surface area contributed by atoms with Gasteiger partial charge in [0.2, 0.25) is 0 Å². The van der Waals surface area contributed by atoms with Gasteiger partial charge in [0.15, 0.2) is 0 Å². The van der Waals surface area contributed by atoms with Gasteiger partial charge in [-0.05, 0) is 90.9 Å². The molecule has 1 aliphatic rings. The van der Waals surface area contributed by atoms with E-state index in [1.54, 1.807) is 18.2 Å². The molecule has 2 aromatic rings. The minimum atomic E-state index is -4.51. The smallest absolute Gasteiger partial charge is 0.416 e. The molecule has 0 saturated carbocycles. The van der Waals surface area contributed by atoms with E-state index >= 15 is 0 Å². The maximum atomic E-state index is 14.1. The molecule has 0 aliphatic carbocycles. The van der Waals surface area contributed by atoms with Crippen LogP contribution < -0.4 is 0 Å². The van der Waals surface area contributed by atoms with Gasteiger partial charge in [-0.1, -0.05) is 52.0 Å². The second-order valence-electron chi connectivity index (χ2n) is 11.4. The van der Waals surface area contributed by atoms with Gasteiger partial charge >= 0.3 is 18.3 Å². The number of nitrogens with zero attached hydrogens (tertiary/aromatic N) is 1. The maximum Gasteiger partial charge on any atom is 0.416 e. The van der Waals surface area contributed by atoms with E-state index in [1.165, 1.54) is 17.0 Å². The van der Waals surface area contributed by atoms with Crippen molar-refractivity contribution < 1.29 is 36.2 Å². The third-order valence-corrected chi connectivity index (χ3v) is 7.41. The topological polar surface area (TPSA) is 40.5 Å². The van der Waals surface area contributed by atoms with Gasteiger partial charge in [-0.15, -0.1) is 0 Å². The third-order valence-electron chi connectivity index (χ3n) is 7.41. The number of aliphatic carboxylic acids is 1. The molecule has 0 spiro atoms. The summed E-state index contributed by atoms with van der Waals surface area (Å²) >= 11 is 0. The average Bonchev–Trinajstić information content (AvgIpc) is 2.84. The third kappa shape index (κ3) is 7.99. The average molecular weight is 558 g/mol. The Morgan fingerprint density at radius 3 is 2.08 bits per heavy atom. The number of rotatable bonds is 9. The van der Waals surface area contributed by atoms with E-state index in [0.29, 0.717) is 47.9 Å². The molecule has 39 heavy (non-hydrogen) atoms. The lowest BCUT2D eigenvalue weighted by atomic mass is 9.83. The Morgan fingerprint density at radius 2 is 1.56 bits per heavy atom. The highest BCUT2D eigenvalue weighted by Gasteiger charge is 2.47. The lowest BCUT2D eigenvalue weighted by Crippen LogP contribution is -2.50. The van der Waals surface area contributed by atoms with E-state index < -0.39 is 41.9 Å². The van der Waals surface area contributed by atoms with Crippen LogP contribution in [0.25, 0.3) is 11.1 Å². The van der Waals surface area contributed by atoms with Gasteiger partial charge in [-0.25, -0.2) is 0 Å². The molecule has 3 rings (SSSR count). The number of carboxylic acids is 1. The van der Waals surface area contributed by atoms with Gasteiger partial charge < -0.3 is 5.11 Å².